The van der Waals surface area contributed by atoms with E-state index >= 15 is 0 Å². The van der Waals surface area contributed by atoms with Gasteiger partial charge in [0.15, 0.2) is 5.76 Å². The van der Waals surface area contributed by atoms with Gasteiger partial charge >= 0.3 is 0 Å². The SMILES string of the molecule is Cc1cc(C(C)(C)C)cc(C)c1CCNC(=O)C(C)NC(=O)c1ccco1. The summed E-state index contributed by atoms with van der Waals surface area (Å²) in [6.07, 6.45) is 2.18. The molecule has 146 valence electrons. The summed E-state index contributed by atoms with van der Waals surface area (Å²) in [6.45, 7) is 13.0. The van der Waals surface area contributed by atoms with Crippen LogP contribution >= 0.6 is 0 Å². The predicted octanol–water partition coefficient (Wildman–Crippen LogP) is 3.67. The first kappa shape index (κ1) is 20.7. The smallest absolute Gasteiger partial charge is 0.287 e. The summed E-state index contributed by atoms with van der Waals surface area (Å²) in [5.41, 5.74) is 5.18. The van der Waals surface area contributed by atoms with Gasteiger partial charge in [0.2, 0.25) is 5.91 Å². The molecule has 0 saturated carbocycles. The molecule has 0 spiro atoms. The lowest BCUT2D eigenvalue weighted by Crippen LogP contribution is -2.45. The number of nitrogens with one attached hydrogen (secondary N) is 2. The standard InChI is InChI=1S/C22H30N2O3/c1-14-12-17(22(4,5)6)13-15(2)18(14)9-10-23-20(25)16(3)24-21(26)19-8-7-11-27-19/h7-8,11-13,16H,9-10H2,1-6H3,(H,23,25)(H,24,26). The van der Waals surface area contributed by atoms with Crippen LogP contribution in [0.5, 0.6) is 0 Å². The van der Waals surface area contributed by atoms with Crippen molar-refractivity contribution in [3.05, 3.63) is 58.5 Å². The Hall–Kier alpha value is -2.56. The third-order valence-electron chi connectivity index (χ3n) is 4.72. The summed E-state index contributed by atoms with van der Waals surface area (Å²) in [6, 6.07) is 7.03. The normalized spacial score (nSPS) is 12.5. The number of carbonyl (C=O) groups excluding carboxylic acids is 2. The zero-order valence-electron chi connectivity index (χ0n) is 17.1. The Bertz CT molecular complexity index is 778. The summed E-state index contributed by atoms with van der Waals surface area (Å²) < 4.78 is 5.03. The van der Waals surface area contributed by atoms with Crippen LogP contribution in [-0.4, -0.2) is 24.4 Å². The Morgan fingerprint density at radius 3 is 2.30 bits per heavy atom. The Kier molecular flexibility index (Phi) is 6.47. The number of amides is 2. The number of aryl methyl sites for hydroxylation is 2. The van der Waals surface area contributed by atoms with Gasteiger partial charge in [-0.1, -0.05) is 32.9 Å². The molecule has 2 rings (SSSR count). The van der Waals surface area contributed by atoms with Crippen molar-refractivity contribution in [2.75, 3.05) is 6.54 Å². The highest BCUT2D eigenvalue weighted by Gasteiger charge is 2.19. The molecule has 0 radical (unpaired) electrons. The molecule has 27 heavy (non-hydrogen) atoms. The molecular weight excluding hydrogens is 340 g/mol. The summed E-state index contributed by atoms with van der Waals surface area (Å²) >= 11 is 0. The van der Waals surface area contributed by atoms with Crippen molar-refractivity contribution in [3.63, 3.8) is 0 Å². The van der Waals surface area contributed by atoms with Crippen LogP contribution in [0.4, 0.5) is 0 Å². The van der Waals surface area contributed by atoms with Crippen molar-refractivity contribution in [2.24, 2.45) is 0 Å². The number of hydrogen-bond acceptors (Lipinski definition) is 3. The monoisotopic (exact) mass is 370 g/mol. The molecule has 2 amide bonds. The molecule has 1 aromatic carbocycles. The van der Waals surface area contributed by atoms with E-state index in [-0.39, 0.29) is 17.1 Å². The second-order valence-electron chi connectivity index (χ2n) is 8.05. The zero-order valence-corrected chi connectivity index (χ0v) is 17.1. The van der Waals surface area contributed by atoms with E-state index in [0.29, 0.717) is 6.54 Å². The molecule has 5 heteroatoms. The minimum absolute atomic E-state index is 0.115. The zero-order chi connectivity index (χ0) is 20.2. The quantitative estimate of drug-likeness (QED) is 0.815. The van der Waals surface area contributed by atoms with Crippen LogP contribution in [0.3, 0.4) is 0 Å². The Balaban J connectivity index is 1.90. The summed E-state index contributed by atoms with van der Waals surface area (Å²) in [4.78, 5) is 24.2. The molecule has 1 aromatic heterocycles. The topological polar surface area (TPSA) is 71.3 Å². The molecule has 2 aromatic rings. The van der Waals surface area contributed by atoms with Crippen LogP contribution in [0, 0.1) is 13.8 Å². The summed E-state index contributed by atoms with van der Waals surface area (Å²) in [7, 11) is 0. The van der Waals surface area contributed by atoms with Crippen molar-refractivity contribution >= 4 is 11.8 Å². The first-order valence-electron chi connectivity index (χ1n) is 9.32. The average molecular weight is 370 g/mol. The molecule has 0 fully saturated rings. The van der Waals surface area contributed by atoms with Crippen molar-refractivity contribution < 1.29 is 14.0 Å². The van der Waals surface area contributed by atoms with Crippen LogP contribution < -0.4 is 10.6 Å². The van der Waals surface area contributed by atoms with E-state index in [9.17, 15) is 9.59 Å². The molecule has 0 aliphatic carbocycles. The number of furan rings is 1. The van der Waals surface area contributed by atoms with Gasteiger partial charge in [-0.15, -0.1) is 0 Å². The number of hydrogen-bond donors (Lipinski definition) is 2. The minimum atomic E-state index is -0.631. The number of benzene rings is 1. The molecule has 0 aliphatic rings. The maximum absolute atomic E-state index is 12.2. The van der Waals surface area contributed by atoms with Gasteiger partial charge in [-0.3, -0.25) is 9.59 Å². The Morgan fingerprint density at radius 2 is 1.78 bits per heavy atom. The minimum Gasteiger partial charge on any atom is -0.459 e. The fraction of sp³-hybridized carbons (Fsp3) is 0.455. The lowest BCUT2D eigenvalue weighted by Gasteiger charge is -2.22. The maximum Gasteiger partial charge on any atom is 0.287 e. The fourth-order valence-electron chi connectivity index (χ4n) is 3.03. The highest BCUT2D eigenvalue weighted by atomic mass is 16.3. The van der Waals surface area contributed by atoms with Crippen molar-refractivity contribution in [2.45, 2.75) is 59.4 Å². The largest absolute Gasteiger partial charge is 0.459 e. The van der Waals surface area contributed by atoms with Gasteiger partial charge in [0, 0.05) is 6.54 Å². The lowest BCUT2D eigenvalue weighted by atomic mass is 9.83. The molecule has 5 nitrogen and oxygen atoms in total. The Labute approximate surface area is 161 Å². The van der Waals surface area contributed by atoms with E-state index in [4.69, 9.17) is 4.42 Å². The third-order valence-corrected chi connectivity index (χ3v) is 4.72. The predicted molar refractivity (Wildman–Crippen MR) is 107 cm³/mol. The second-order valence-corrected chi connectivity index (χ2v) is 8.05. The maximum atomic E-state index is 12.2. The van der Waals surface area contributed by atoms with Gasteiger partial charge in [-0.2, -0.15) is 0 Å². The Morgan fingerprint density at radius 1 is 1.15 bits per heavy atom. The third kappa shape index (κ3) is 5.46. The van der Waals surface area contributed by atoms with Gasteiger partial charge in [-0.05, 0) is 67.0 Å². The van der Waals surface area contributed by atoms with E-state index in [1.165, 1.54) is 28.5 Å². The van der Waals surface area contributed by atoms with Crippen LogP contribution in [0.25, 0.3) is 0 Å². The molecule has 1 unspecified atom stereocenters. The second kappa shape index (κ2) is 8.42. The van der Waals surface area contributed by atoms with E-state index < -0.39 is 11.9 Å². The molecule has 0 bridgehead atoms. The summed E-state index contributed by atoms with van der Waals surface area (Å²) in [5, 5.41) is 5.53. The molecule has 1 atom stereocenters. The highest BCUT2D eigenvalue weighted by molar-refractivity contribution is 5.95. The molecule has 0 aliphatic heterocycles. The lowest BCUT2D eigenvalue weighted by molar-refractivity contribution is -0.122. The van der Waals surface area contributed by atoms with Crippen LogP contribution in [0.15, 0.2) is 34.9 Å². The van der Waals surface area contributed by atoms with Gasteiger partial charge in [0.05, 0.1) is 6.26 Å². The van der Waals surface area contributed by atoms with Crippen molar-refractivity contribution in [1.29, 1.82) is 0 Å². The van der Waals surface area contributed by atoms with Crippen LogP contribution in [-0.2, 0) is 16.6 Å². The molecular formula is C22H30N2O3. The van der Waals surface area contributed by atoms with E-state index in [2.05, 4.69) is 57.4 Å². The van der Waals surface area contributed by atoms with E-state index in [1.807, 2.05) is 0 Å². The van der Waals surface area contributed by atoms with Crippen molar-refractivity contribution in [3.8, 4) is 0 Å². The van der Waals surface area contributed by atoms with Crippen LogP contribution in [0.1, 0.15) is 60.5 Å². The molecule has 2 N–H and O–H groups in total. The van der Waals surface area contributed by atoms with Gasteiger partial charge in [0.25, 0.3) is 5.91 Å². The van der Waals surface area contributed by atoms with Crippen LogP contribution in [0.2, 0.25) is 0 Å². The van der Waals surface area contributed by atoms with E-state index in [0.717, 1.165) is 6.42 Å². The number of rotatable bonds is 6. The summed E-state index contributed by atoms with van der Waals surface area (Å²) in [5.74, 6) is -0.413. The fourth-order valence-corrected chi connectivity index (χ4v) is 3.03. The van der Waals surface area contributed by atoms with Gasteiger partial charge in [-0.25, -0.2) is 0 Å². The molecule has 0 saturated heterocycles. The molecule has 1 heterocycles. The first-order chi connectivity index (χ1) is 12.6. The van der Waals surface area contributed by atoms with Gasteiger partial charge in [0.1, 0.15) is 6.04 Å². The van der Waals surface area contributed by atoms with E-state index in [1.54, 1.807) is 19.1 Å². The first-order valence-corrected chi connectivity index (χ1v) is 9.32. The van der Waals surface area contributed by atoms with Gasteiger partial charge < -0.3 is 15.1 Å². The average Bonchev–Trinajstić information content (AvgIpc) is 3.10. The highest BCUT2D eigenvalue weighted by Crippen LogP contribution is 2.27. The van der Waals surface area contributed by atoms with Crippen molar-refractivity contribution in [1.82, 2.24) is 10.6 Å². The number of carbonyl (C=O) groups is 2.